The fourth-order valence-corrected chi connectivity index (χ4v) is 2.31. The Morgan fingerprint density at radius 3 is 2.73 bits per heavy atom. The van der Waals surface area contributed by atoms with Gasteiger partial charge in [0.15, 0.2) is 6.29 Å². The summed E-state index contributed by atoms with van der Waals surface area (Å²) in [6.45, 7) is 0. The van der Waals surface area contributed by atoms with E-state index in [0.717, 1.165) is 12.3 Å². The average molecular weight is 156 g/mol. The summed E-state index contributed by atoms with van der Waals surface area (Å²) in [4.78, 5) is 0. The molecule has 0 aromatic carbocycles. The molecule has 2 nitrogen and oxygen atoms in total. The van der Waals surface area contributed by atoms with Gasteiger partial charge in [0.2, 0.25) is 0 Å². The van der Waals surface area contributed by atoms with Gasteiger partial charge in [-0.3, -0.25) is 0 Å². The van der Waals surface area contributed by atoms with Crippen LogP contribution >= 0.6 is 0 Å². The highest BCUT2D eigenvalue weighted by molar-refractivity contribution is 4.79. The van der Waals surface area contributed by atoms with Crippen molar-refractivity contribution in [3.05, 3.63) is 0 Å². The molecule has 0 aromatic heterocycles. The predicted octanol–water partition coefficient (Wildman–Crippen LogP) is 1.67. The van der Waals surface area contributed by atoms with Crippen molar-refractivity contribution in [2.24, 2.45) is 5.92 Å². The molecular formula is C9H16O2. The highest BCUT2D eigenvalue weighted by Gasteiger charge is 2.31. The molecule has 0 radical (unpaired) electrons. The Morgan fingerprint density at radius 1 is 1.00 bits per heavy atom. The van der Waals surface area contributed by atoms with Gasteiger partial charge in [-0.05, 0) is 31.6 Å². The Bertz CT molecular complexity index is 136. The van der Waals surface area contributed by atoms with Crippen LogP contribution in [0, 0.1) is 5.92 Å². The highest BCUT2D eigenvalue weighted by atomic mass is 16.6. The minimum Gasteiger partial charge on any atom is -0.368 e. The second-order valence-electron chi connectivity index (χ2n) is 3.75. The predicted molar refractivity (Wildman–Crippen MR) is 42.1 cm³/mol. The number of rotatable bonds is 0. The fraction of sp³-hybridized carbons (Fsp3) is 1.00. The van der Waals surface area contributed by atoms with E-state index in [2.05, 4.69) is 0 Å². The summed E-state index contributed by atoms with van der Waals surface area (Å²) in [6.07, 6.45) is 7.07. The van der Waals surface area contributed by atoms with Gasteiger partial charge in [0.1, 0.15) is 0 Å². The number of hydrogen-bond acceptors (Lipinski definition) is 2. The highest BCUT2D eigenvalue weighted by Crippen LogP contribution is 2.34. The second kappa shape index (κ2) is 3.11. The summed E-state index contributed by atoms with van der Waals surface area (Å²) in [7, 11) is 0. The van der Waals surface area contributed by atoms with Gasteiger partial charge in [-0.1, -0.05) is 12.8 Å². The number of aliphatic hydroxyl groups excluding tert-OH is 1. The first-order valence-corrected chi connectivity index (χ1v) is 4.70. The van der Waals surface area contributed by atoms with Crippen molar-refractivity contribution in [2.75, 3.05) is 0 Å². The van der Waals surface area contributed by atoms with Crippen LogP contribution in [-0.2, 0) is 4.74 Å². The molecule has 1 saturated carbocycles. The van der Waals surface area contributed by atoms with E-state index in [1.54, 1.807) is 0 Å². The van der Waals surface area contributed by atoms with Gasteiger partial charge in [-0.15, -0.1) is 0 Å². The van der Waals surface area contributed by atoms with Gasteiger partial charge >= 0.3 is 0 Å². The molecule has 0 amide bonds. The fourth-order valence-electron chi connectivity index (χ4n) is 2.31. The van der Waals surface area contributed by atoms with Gasteiger partial charge in [-0.25, -0.2) is 0 Å². The summed E-state index contributed by atoms with van der Waals surface area (Å²) < 4.78 is 5.45. The molecule has 3 atom stereocenters. The lowest BCUT2D eigenvalue weighted by molar-refractivity contribution is -0.190. The van der Waals surface area contributed by atoms with Crippen LogP contribution < -0.4 is 0 Å². The third-order valence-electron chi connectivity index (χ3n) is 2.96. The lowest BCUT2D eigenvalue weighted by atomic mass is 9.82. The molecule has 0 unspecified atom stereocenters. The zero-order valence-corrected chi connectivity index (χ0v) is 6.83. The van der Waals surface area contributed by atoms with E-state index in [1.807, 2.05) is 0 Å². The molecule has 2 fully saturated rings. The monoisotopic (exact) mass is 156 g/mol. The summed E-state index contributed by atoms with van der Waals surface area (Å²) in [5.41, 5.74) is 0. The molecule has 0 bridgehead atoms. The number of hydrogen-bond donors (Lipinski definition) is 1. The van der Waals surface area contributed by atoms with E-state index in [-0.39, 0.29) is 0 Å². The largest absolute Gasteiger partial charge is 0.368 e. The van der Waals surface area contributed by atoms with E-state index in [9.17, 15) is 5.11 Å². The maximum absolute atomic E-state index is 9.23. The molecule has 1 saturated heterocycles. The van der Waals surface area contributed by atoms with Crippen molar-refractivity contribution < 1.29 is 9.84 Å². The Hall–Kier alpha value is -0.0800. The molecule has 2 heteroatoms. The Kier molecular flexibility index (Phi) is 2.14. The van der Waals surface area contributed by atoms with Crippen molar-refractivity contribution >= 4 is 0 Å². The molecule has 0 aromatic rings. The molecule has 1 N–H and O–H groups in total. The Labute approximate surface area is 67.6 Å². The number of aliphatic hydroxyl groups is 1. The zero-order chi connectivity index (χ0) is 7.68. The van der Waals surface area contributed by atoms with Gasteiger partial charge in [0.05, 0.1) is 6.10 Å². The van der Waals surface area contributed by atoms with Crippen molar-refractivity contribution in [3.63, 3.8) is 0 Å². The lowest BCUT2D eigenvalue weighted by Crippen LogP contribution is -2.36. The maximum Gasteiger partial charge on any atom is 0.154 e. The third kappa shape index (κ3) is 1.57. The topological polar surface area (TPSA) is 29.5 Å². The van der Waals surface area contributed by atoms with E-state index in [4.69, 9.17) is 4.74 Å². The maximum atomic E-state index is 9.23. The van der Waals surface area contributed by atoms with Crippen LogP contribution in [0.5, 0.6) is 0 Å². The smallest absolute Gasteiger partial charge is 0.154 e. The van der Waals surface area contributed by atoms with E-state index in [0.29, 0.717) is 6.10 Å². The summed E-state index contributed by atoms with van der Waals surface area (Å²) in [6, 6.07) is 0. The first-order valence-electron chi connectivity index (χ1n) is 4.70. The van der Waals surface area contributed by atoms with Crippen LogP contribution in [0.15, 0.2) is 0 Å². The van der Waals surface area contributed by atoms with Crippen LogP contribution in [0.3, 0.4) is 0 Å². The number of ether oxygens (including phenoxy) is 1. The SMILES string of the molecule is O[C@@H]1CC[C@H]2CCCC[C@@H]2O1. The standard InChI is InChI=1S/C9H16O2/c10-9-6-5-7-3-1-2-4-8(7)11-9/h7-10H,1-6H2/t7-,8+,9+/m1/s1. The zero-order valence-electron chi connectivity index (χ0n) is 6.83. The van der Waals surface area contributed by atoms with Crippen molar-refractivity contribution in [1.29, 1.82) is 0 Å². The molecular weight excluding hydrogens is 140 g/mol. The lowest BCUT2D eigenvalue weighted by Gasteiger charge is -2.37. The van der Waals surface area contributed by atoms with E-state index < -0.39 is 6.29 Å². The van der Waals surface area contributed by atoms with Gasteiger partial charge < -0.3 is 9.84 Å². The van der Waals surface area contributed by atoms with Crippen molar-refractivity contribution in [1.82, 2.24) is 0 Å². The average Bonchev–Trinajstić information content (AvgIpc) is 2.04. The molecule has 1 aliphatic heterocycles. The van der Waals surface area contributed by atoms with Gasteiger partial charge in [0.25, 0.3) is 0 Å². The van der Waals surface area contributed by atoms with E-state index >= 15 is 0 Å². The molecule has 0 spiro atoms. The number of fused-ring (bicyclic) bond motifs is 1. The molecule has 11 heavy (non-hydrogen) atoms. The van der Waals surface area contributed by atoms with Crippen LogP contribution in [-0.4, -0.2) is 17.5 Å². The minimum atomic E-state index is -0.464. The molecule has 1 aliphatic carbocycles. The molecule has 2 aliphatic rings. The van der Waals surface area contributed by atoms with Crippen molar-refractivity contribution in [3.8, 4) is 0 Å². The normalized spacial score (nSPS) is 45.0. The van der Waals surface area contributed by atoms with Gasteiger partial charge in [-0.2, -0.15) is 0 Å². The van der Waals surface area contributed by atoms with E-state index in [1.165, 1.54) is 32.1 Å². The van der Waals surface area contributed by atoms with Crippen LogP contribution in [0.4, 0.5) is 0 Å². The Morgan fingerprint density at radius 2 is 1.82 bits per heavy atom. The summed E-state index contributed by atoms with van der Waals surface area (Å²) in [5.74, 6) is 0.757. The molecule has 2 rings (SSSR count). The Balaban J connectivity index is 1.93. The first-order chi connectivity index (χ1) is 5.36. The van der Waals surface area contributed by atoms with Crippen LogP contribution in [0.25, 0.3) is 0 Å². The minimum absolute atomic E-state index is 0.382. The summed E-state index contributed by atoms with van der Waals surface area (Å²) in [5, 5.41) is 9.23. The third-order valence-corrected chi connectivity index (χ3v) is 2.96. The van der Waals surface area contributed by atoms with Crippen molar-refractivity contribution in [2.45, 2.75) is 50.9 Å². The van der Waals surface area contributed by atoms with Crippen LogP contribution in [0.2, 0.25) is 0 Å². The second-order valence-corrected chi connectivity index (χ2v) is 3.75. The molecule has 1 heterocycles. The van der Waals surface area contributed by atoms with Gasteiger partial charge in [0, 0.05) is 0 Å². The van der Waals surface area contributed by atoms with Crippen LogP contribution in [0.1, 0.15) is 38.5 Å². The summed E-state index contributed by atoms with van der Waals surface area (Å²) >= 11 is 0. The first kappa shape index (κ1) is 7.56. The molecule has 64 valence electrons. The quantitative estimate of drug-likeness (QED) is 0.578.